The molecule has 0 heterocycles. The molecule has 1 N–H and O–H groups in total. The Morgan fingerprint density at radius 3 is 0.714 bits per heavy atom. The van der Waals surface area contributed by atoms with Crippen molar-refractivity contribution < 1.29 is 36.9 Å². The summed E-state index contributed by atoms with van der Waals surface area (Å²) in [6.45, 7) is 19.6. The van der Waals surface area contributed by atoms with E-state index in [0.29, 0.717) is 0 Å². The summed E-state index contributed by atoms with van der Waals surface area (Å²) in [7, 11) is -1.12. The fourth-order valence-corrected chi connectivity index (χ4v) is 0. The Balaban J connectivity index is -0.0000000522. The van der Waals surface area contributed by atoms with Crippen LogP contribution in [0.5, 0.6) is 0 Å². The normalized spacial score (nSPS) is 9.43. The summed E-state index contributed by atoms with van der Waals surface area (Å²) < 4.78 is 0. The van der Waals surface area contributed by atoms with Gasteiger partial charge >= 0.3 is 0 Å². The summed E-state index contributed by atoms with van der Waals surface area (Å²) in [5, 5.41) is 7.08. The van der Waals surface area contributed by atoms with Gasteiger partial charge in [-0.3, -0.25) is 0 Å². The summed E-state index contributed by atoms with van der Waals surface area (Å²) in [5.74, 6) is 0. The van der Waals surface area contributed by atoms with Crippen LogP contribution < -0.4 is 0 Å². The molecule has 0 bridgehead atoms. The van der Waals surface area contributed by atoms with E-state index in [9.17, 15) is 0 Å². The molecule has 0 aliphatic rings. The molecule has 0 aromatic heterocycles. The van der Waals surface area contributed by atoms with E-state index in [1.54, 1.807) is 0 Å². The van der Waals surface area contributed by atoms with Crippen LogP contribution in [0.15, 0.2) is 0 Å². The van der Waals surface area contributed by atoms with E-state index in [-0.39, 0.29) is 54.5 Å². The zero-order valence-corrected chi connectivity index (χ0v) is 15.9. The van der Waals surface area contributed by atoms with Gasteiger partial charge in [0.2, 0.25) is 0 Å². The first-order valence-electron chi connectivity index (χ1n) is 4.75. The predicted molar refractivity (Wildman–Crippen MR) is 74.4 cm³/mol. The first-order valence-corrected chi connectivity index (χ1v) is 14.2. The molecule has 0 spiro atoms. The molecule has 14 heavy (non-hydrogen) atoms. The number of hydrogen-bond donors (Lipinski definition) is 0. The molecule has 0 amide bonds. The van der Waals surface area contributed by atoms with E-state index in [2.05, 4.69) is 39.3 Å². The maximum Gasteiger partial charge on any atom is 0.0379 e. The molecule has 0 rings (SSSR count). The van der Waals surface area contributed by atoms with Gasteiger partial charge in [0.1, 0.15) is 0 Å². The van der Waals surface area contributed by atoms with E-state index >= 15 is 0 Å². The van der Waals surface area contributed by atoms with Crippen LogP contribution in [0.25, 0.3) is 5.40 Å². The van der Waals surface area contributed by atoms with E-state index < -0.39 is 8.24 Å². The molecular formula is C9H28LuNSi3-. The molecule has 0 saturated heterocycles. The SMILES string of the molecule is C[Si](C)(C)[NH-].C[Si](C)C.C[Si](C)C.[Lu]. The monoisotopic (exact) mass is 409 g/mol. The molecule has 0 unspecified atom stereocenters. The van der Waals surface area contributed by atoms with Crippen molar-refractivity contribution in [2.45, 2.75) is 58.9 Å². The van der Waals surface area contributed by atoms with Crippen molar-refractivity contribution in [1.29, 1.82) is 0 Å². The molecule has 0 aliphatic heterocycles. The Bertz CT molecular complexity index is 75.0. The maximum absolute atomic E-state index is 7.08. The molecule has 0 fully saturated rings. The molecule has 0 aliphatic carbocycles. The van der Waals surface area contributed by atoms with Gasteiger partial charge in [-0.25, -0.2) is 0 Å². The van der Waals surface area contributed by atoms with Crippen LogP contribution in [0.3, 0.4) is 0 Å². The minimum atomic E-state index is -1.36. The van der Waals surface area contributed by atoms with Gasteiger partial charge in [0.15, 0.2) is 0 Å². The summed E-state index contributed by atoms with van der Waals surface area (Å²) in [6, 6.07) is 0. The molecule has 97 valence electrons. The van der Waals surface area contributed by atoms with Crippen molar-refractivity contribution in [3.05, 3.63) is 5.40 Å². The zero-order valence-electron chi connectivity index (χ0n) is 11.3. The molecule has 1 nitrogen and oxygen atoms in total. The van der Waals surface area contributed by atoms with Crippen molar-refractivity contribution in [1.82, 2.24) is 0 Å². The van der Waals surface area contributed by atoms with Gasteiger partial charge in [-0.15, -0.1) is 0 Å². The second kappa shape index (κ2) is 14.8. The average Bonchev–Trinajstić information content (AvgIpc) is 1.50. The second-order valence-electron chi connectivity index (χ2n) is 5.25. The van der Waals surface area contributed by atoms with Crippen LogP contribution in [0.2, 0.25) is 58.9 Å². The second-order valence-corrected chi connectivity index (χ2v) is 15.8. The van der Waals surface area contributed by atoms with E-state index in [1.807, 2.05) is 19.6 Å². The van der Waals surface area contributed by atoms with Gasteiger partial charge in [-0.1, -0.05) is 67.2 Å². The smallest absolute Gasteiger partial charge is 0.0379 e. The number of nitrogens with one attached hydrogen (secondary N) is 1. The molecular weight excluding hydrogens is 381 g/mol. The van der Waals surface area contributed by atoms with Crippen LogP contribution in [0.1, 0.15) is 0 Å². The van der Waals surface area contributed by atoms with Crippen molar-refractivity contribution in [3.63, 3.8) is 0 Å². The van der Waals surface area contributed by atoms with Crippen LogP contribution in [0.4, 0.5) is 0 Å². The van der Waals surface area contributed by atoms with E-state index in [0.717, 1.165) is 0 Å². The fourth-order valence-electron chi connectivity index (χ4n) is 0. The summed E-state index contributed by atoms with van der Waals surface area (Å²) in [5.41, 5.74) is 0. The average molecular weight is 410 g/mol. The quantitative estimate of drug-likeness (QED) is 0.522. The third-order valence-corrected chi connectivity index (χ3v) is 0. The zero-order chi connectivity index (χ0) is 11.7. The topological polar surface area (TPSA) is 23.8 Å². The van der Waals surface area contributed by atoms with Crippen molar-refractivity contribution in [2.75, 3.05) is 0 Å². The Labute approximate surface area is 126 Å². The van der Waals surface area contributed by atoms with Crippen LogP contribution in [-0.4, -0.2) is 25.8 Å². The largest absolute Gasteiger partial charge is 0.680 e. The predicted octanol–water partition coefficient (Wildman–Crippen LogP) is 4.61. The minimum absolute atomic E-state index is 0. The van der Waals surface area contributed by atoms with Crippen LogP contribution in [-0.2, 0) is 0 Å². The summed E-state index contributed by atoms with van der Waals surface area (Å²) in [6.07, 6.45) is 0. The number of hydrogen-bond acceptors (Lipinski definition) is 0. The Kier molecular flexibility index (Phi) is 26.4. The van der Waals surface area contributed by atoms with E-state index in [1.165, 1.54) is 0 Å². The maximum atomic E-state index is 7.08. The Morgan fingerprint density at radius 2 is 0.714 bits per heavy atom. The minimum Gasteiger partial charge on any atom is -0.680 e. The van der Waals surface area contributed by atoms with Crippen molar-refractivity contribution >= 4 is 25.8 Å². The molecule has 5 heteroatoms. The van der Waals surface area contributed by atoms with Crippen LogP contribution >= 0.6 is 0 Å². The third kappa shape index (κ3) is 671. The Hall–Kier alpha value is 1.84. The molecule has 0 aromatic carbocycles. The van der Waals surface area contributed by atoms with Gasteiger partial charge < -0.3 is 5.40 Å². The molecule has 0 atom stereocenters. The molecule has 0 saturated carbocycles. The molecule has 0 aromatic rings. The van der Waals surface area contributed by atoms with Gasteiger partial charge in [-0.05, 0) is 0 Å². The summed E-state index contributed by atoms with van der Waals surface area (Å²) >= 11 is 0. The van der Waals surface area contributed by atoms with Crippen molar-refractivity contribution in [3.8, 4) is 0 Å². The van der Waals surface area contributed by atoms with Crippen LogP contribution in [0, 0.1) is 36.9 Å². The van der Waals surface area contributed by atoms with Crippen molar-refractivity contribution in [2.24, 2.45) is 0 Å². The van der Waals surface area contributed by atoms with Gasteiger partial charge in [-0.2, -0.15) is 0 Å². The summed E-state index contributed by atoms with van der Waals surface area (Å²) in [4.78, 5) is 0. The van der Waals surface area contributed by atoms with Gasteiger partial charge in [0.25, 0.3) is 0 Å². The number of rotatable bonds is 0. The third-order valence-electron chi connectivity index (χ3n) is 0. The first-order chi connectivity index (χ1) is 5.46. The van der Waals surface area contributed by atoms with Gasteiger partial charge in [0.05, 0.1) is 0 Å². The van der Waals surface area contributed by atoms with Gasteiger partial charge in [0, 0.05) is 54.5 Å². The first kappa shape index (κ1) is 24.9. The van der Waals surface area contributed by atoms with E-state index in [4.69, 9.17) is 5.40 Å². The Morgan fingerprint density at radius 1 is 0.714 bits per heavy atom. The standard InChI is InChI=1S/C3H10NSi.2C3H9Si.Lu/c1-5(2,3)4;2*1-4(2)3;/h4H,1-3H3;2*1-3H3;/q-1;;;. The molecule has 3 radical (unpaired) electrons. The fraction of sp³-hybridized carbons (Fsp3) is 1.00.